The molecule has 2 aromatic heterocycles. The number of esters is 1. The van der Waals surface area contributed by atoms with E-state index in [0.29, 0.717) is 11.3 Å². The Morgan fingerprint density at radius 3 is 3.00 bits per heavy atom. The van der Waals surface area contributed by atoms with Gasteiger partial charge in [-0.15, -0.1) is 0 Å². The van der Waals surface area contributed by atoms with Crippen molar-refractivity contribution < 1.29 is 14.3 Å². The summed E-state index contributed by atoms with van der Waals surface area (Å²) in [6, 6.07) is 13.0. The lowest BCUT2D eigenvalue weighted by atomic mass is 10.2. The molecule has 0 saturated carbocycles. The first kappa shape index (κ1) is 13.2. The minimum atomic E-state index is -0.406. The molecule has 2 heterocycles. The highest BCUT2D eigenvalue weighted by Crippen LogP contribution is 2.14. The summed E-state index contributed by atoms with van der Waals surface area (Å²) in [5.74, 6) is 0.329. The van der Waals surface area contributed by atoms with E-state index >= 15 is 0 Å². The van der Waals surface area contributed by atoms with Crippen molar-refractivity contribution in [1.29, 1.82) is 0 Å². The molecule has 0 atom stereocenters. The van der Waals surface area contributed by atoms with E-state index in [2.05, 4.69) is 4.98 Å². The summed E-state index contributed by atoms with van der Waals surface area (Å²) in [5, 5.41) is 0. The maximum absolute atomic E-state index is 12.1. The molecule has 5 nitrogen and oxygen atoms in total. The minimum Gasteiger partial charge on any atom is -0.497 e. The van der Waals surface area contributed by atoms with Crippen LogP contribution in [-0.2, 0) is 11.3 Å². The van der Waals surface area contributed by atoms with Crippen molar-refractivity contribution in [2.45, 2.75) is 6.61 Å². The number of nitrogens with zero attached hydrogens (tertiary/aromatic N) is 2. The molecule has 0 N–H and O–H groups in total. The Morgan fingerprint density at radius 1 is 1.24 bits per heavy atom. The molecule has 3 aromatic rings. The second-order valence-corrected chi connectivity index (χ2v) is 4.50. The van der Waals surface area contributed by atoms with Crippen LogP contribution in [0.15, 0.2) is 54.9 Å². The van der Waals surface area contributed by atoms with Crippen LogP contribution in [0.4, 0.5) is 0 Å². The fourth-order valence-electron chi connectivity index (χ4n) is 2.07. The predicted octanol–water partition coefficient (Wildman–Crippen LogP) is 2.70. The van der Waals surface area contributed by atoms with Gasteiger partial charge in [0, 0.05) is 6.20 Å². The first-order chi connectivity index (χ1) is 10.3. The minimum absolute atomic E-state index is 0.191. The molecule has 1 aromatic carbocycles. The van der Waals surface area contributed by atoms with Crippen LogP contribution >= 0.6 is 0 Å². The molecule has 0 bridgehead atoms. The van der Waals surface area contributed by atoms with E-state index in [-0.39, 0.29) is 6.61 Å². The van der Waals surface area contributed by atoms with Crippen LogP contribution in [0.3, 0.4) is 0 Å². The van der Waals surface area contributed by atoms with Crippen LogP contribution in [0, 0.1) is 0 Å². The van der Waals surface area contributed by atoms with Gasteiger partial charge in [-0.2, -0.15) is 0 Å². The Labute approximate surface area is 121 Å². The summed E-state index contributed by atoms with van der Waals surface area (Å²) < 4.78 is 12.2. The van der Waals surface area contributed by atoms with Gasteiger partial charge in [-0.25, -0.2) is 9.78 Å². The lowest BCUT2D eigenvalue weighted by Crippen LogP contribution is -2.08. The van der Waals surface area contributed by atoms with E-state index < -0.39 is 5.97 Å². The molecule has 5 heteroatoms. The number of carbonyl (C=O) groups is 1. The van der Waals surface area contributed by atoms with Crippen molar-refractivity contribution >= 4 is 11.6 Å². The van der Waals surface area contributed by atoms with Gasteiger partial charge in [-0.05, 0) is 29.8 Å². The highest BCUT2D eigenvalue weighted by Gasteiger charge is 2.13. The smallest absolute Gasteiger partial charge is 0.357 e. The van der Waals surface area contributed by atoms with Gasteiger partial charge in [-0.3, -0.25) is 4.40 Å². The van der Waals surface area contributed by atoms with Gasteiger partial charge in [0.05, 0.1) is 13.3 Å². The normalized spacial score (nSPS) is 10.5. The number of methoxy groups -OCH3 is 1. The molecule has 0 saturated heterocycles. The number of benzene rings is 1. The third-order valence-corrected chi connectivity index (χ3v) is 3.13. The highest BCUT2D eigenvalue weighted by molar-refractivity contribution is 5.88. The molecule has 0 radical (unpaired) electrons. The molecular weight excluding hydrogens is 268 g/mol. The largest absolute Gasteiger partial charge is 0.497 e. The number of hydrogen-bond donors (Lipinski definition) is 0. The Hall–Kier alpha value is -2.82. The van der Waals surface area contributed by atoms with Crippen LogP contribution in [-0.4, -0.2) is 22.5 Å². The van der Waals surface area contributed by atoms with Crippen LogP contribution in [0.1, 0.15) is 16.1 Å². The van der Waals surface area contributed by atoms with Gasteiger partial charge in [0.25, 0.3) is 0 Å². The number of aromatic nitrogens is 2. The van der Waals surface area contributed by atoms with Crippen molar-refractivity contribution in [2.24, 2.45) is 0 Å². The number of ether oxygens (including phenoxy) is 2. The van der Waals surface area contributed by atoms with Crippen molar-refractivity contribution in [3.05, 3.63) is 66.1 Å². The third-order valence-electron chi connectivity index (χ3n) is 3.13. The summed E-state index contributed by atoms with van der Waals surface area (Å²) in [6.07, 6.45) is 3.30. The quantitative estimate of drug-likeness (QED) is 0.690. The van der Waals surface area contributed by atoms with Gasteiger partial charge in [0.1, 0.15) is 18.0 Å². The fourth-order valence-corrected chi connectivity index (χ4v) is 2.07. The summed E-state index contributed by atoms with van der Waals surface area (Å²) in [7, 11) is 1.60. The average Bonchev–Trinajstić information content (AvgIpc) is 2.97. The Bertz CT molecular complexity index is 780. The van der Waals surface area contributed by atoms with E-state index in [0.717, 1.165) is 11.3 Å². The van der Waals surface area contributed by atoms with E-state index in [1.165, 1.54) is 6.20 Å². The first-order valence-electron chi connectivity index (χ1n) is 6.50. The molecule has 0 aliphatic heterocycles. The number of fused-ring (bicyclic) bond motifs is 1. The van der Waals surface area contributed by atoms with Gasteiger partial charge in [-0.1, -0.05) is 18.2 Å². The molecule has 0 fully saturated rings. The maximum atomic E-state index is 12.1. The molecule has 3 rings (SSSR count). The first-order valence-corrected chi connectivity index (χ1v) is 6.50. The molecule has 0 unspecified atom stereocenters. The Morgan fingerprint density at radius 2 is 2.14 bits per heavy atom. The lowest BCUT2D eigenvalue weighted by Gasteiger charge is -2.06. The van der Waals surface area contributed by atoms with Crippen molar-refractivity contribution in [2.75, 3.05) is 7.11 Å². The van der Waals surface area contributed by atoms with Crippen LogP contribution in [0.2, 0.25) is 0 Å². The van der Waals surface area contributed by atoms with Crippen molar-refractivity contribution in [1.82, 2.24) is 9.38 Å². The molecule has 0 aliphatic carbocycles. The second kappa shape index (κ2) is 5.66. The Kier molecular flexibility index (Phi) is 3.55. The third kappa shape index (κ3) is 2.72. The standard InChI is InChI=1S/C16H14N2O3/c1-20-13-6-4-5-12(9-13)11-21-16(19)14-10-17-15-7-2-3-8-18(14)15/h2-10H,11H2,1H3. The highest BCUT2D eigenvalue weighted by atomic mass is 16.5. The zero-order chi connectivity index (χ0) is 14.7. The van der Waals surface area contributed by atoms with Gasteiger partial charge in [0.2, 0.25) is 0 Å². The zero-order valence-electron chi connectivity index (χ0n) is 11.5. The topological polar surface area (TPSA) is 52.8 Å². The number of pyridine rings is 1. The number of rotatable bonds is 4. The number of carbonyl (C=O) groups excluding carboxylic acids is 1. The summed E-state index contributed by atoms with van der Waals surface area (Å²) in [6.45, 7) is 0.191. The second-order valence-electron chi connectivity index (χ2n) is 4.50. The molecule has 106 valence electrons. The van der Waals surface area contributed by atoms with Crippen LogP contribution in [0.25, 0.3) is 5.65 Å². The average molecular weight is 282 g/mol. The van der Waals surface area contributed by atoms with Crippen molar-refractivity contribution in [3.8, 4) is 5.75 Å². The maximum Gasteiger partial charge on any atom is 0.357 e. The molecule has 0 spiro atoms. The molecular formula is C16H14N2O3. The zero-order valence-corrected chi connectivity index (χ0v) is 11.5. The number of imidazole rings is 1. The van der Waals surface area contributed by atoms with Gasteiger partial charge >= 0.3 is 5.97 Å². The van der Waals surface area contributed by atoms with E-state index in [9.17, 15) is 4.79 Å². The Balaban J connectivity index is 1.74. The van der Waals surface area contributed by atoms with Gasteiger partial charge in [0.15, 0.2) is 5.69 Å². The van der Waals surface area contributed by atoms with Crippen LogP contribution in [0.5, 0.6) is 5.75 Å². The number of hydrogen-bond acceptors (Lipinski definition) is 4. The summed E-state index contributed by atoms with van der Waals surface area (Å²) in [4.78, 5) is 16.3. The molecule has 0 amide bonds. The van der Waals surface area contributed by atoms with Crippen LogP contribution < -0.4 is 4.74 Å². The molecule has 0 aliphatic rings. The molecule has 21 heavy (non-hydrogen) atoms. The van der Waals surface area contributed by atoms with Gasteiger partial charge < -0.3 is 9.47 Å². The van der Waals surface area contributed by atoms with Crippen molar-refractivity contribution in [3.63, 3.8) is 0 Å². The SMILES string of the molecule is COc1cccc(COC(=O)c2cnc3ccccn23)c1. The van der Waals surface area contributed by atoms with E-state index in [1.807, 2.05) is 42.5 Å². The van der Waals surface area contributed by atoms with E-state index in [1.54, 1.807) is 17.7 Å². The monoisotopic (exact) mass is 282 g/mol. The fraction of sp³-hybridized carbons (Fsp3) is 0.125. The van der Waals surface area contributed by atoms with E-state index in [4.69, 9.17) is 9.47 Å². The summed E-state index contributed by atoms with van der Waals surface area (Å²) in [5.41, 5.74) is 2.00. The predicted molar refractivity (Wildman–Crippen MR) is 77.3 cm³/mol. The summed E-state index contributed by atoms with van der Waals surface area (Å²) >= 11 is 0. The lowest BCUT2D eigenvalue weighted by molar-refractivity contribution is 0.0464.